The van der Waals surface area contributed by atoms with E-state index in [1.807, 2.05) is 60.1 Å². The van der Waals surface area contributed by atoms with Gasteiger partial charge in [0.05, 0.1) is 17.6 Å². The number of aryl methyl sites for hydroxylation is 1. The van der Waals surface area contributed by atoms with Crippen LogP contribution in [-0.4, -0.2) is 20.4 Å². The number of aromatic nitrogens is 3. The van der Waals surface area contributed by atoms with Crippen molar-refractivity contribution in [2.45, 2.75) is 6.92 Å². The van der Waals surface area contributed by atoms with Gasteiger partial charge in [0.2, 0.25) is 5.76 Å². The molecule has 3 aromatic heterocycles. The standard InChI is InChI=1S/C18H14N4O2/c1-12-5-4-10-22-11-15(20-17(12)22)13-6-2-3-7-14(13)21-18(23)16-8-9-19-24-16/h2-11H,1H3,(H,21,23). The monoisotopic (exact) mass is 318 g/mol. The summed E-state index contributed by atoms with van der Waals surface area (Å²) in [6, 6.07) is 13.0. The van der Waals surface area contributed by atoms with Gasteiger partial charge in [-0.15, -0.1) is 0 Å². The highest BCUT2D eigenvalue weighted by Gasteiger charge is 2.14. The number of nitrogens with one attached hydrogen (secondary N) is 1. The molecule has 0 fully saturated rings. The Morgan fingerprint density at radius 2 is 2.04 bits per heavy atom. The third-order valence-electron chi connectivity index (χ3n) is 3.79. The number of rotatable bonds is 3. The van der Waals surface area contributed by atoms with E-state index in [1.165, 1.54) is 12.3 Å². The van der Waals surface area contributed by atoms with Crippen LogP contribution >= 0.6 is 0 Å². The van der Waals surface area contributed by atoms with Gasteiger partial charge in [0, 0.05) is 24.0 Å². The molecule has 1 N–H and O–H groups in total. The van der Waals surface area contributed by atoms with E-state index in [1.54, 1.807) is 0 Å². The number of carbonyl (C=O) groups is 1. The number of nitrogens with zero attached hydrogens (tertiary/aromatic N) is 3. The highest BCUT2D eigenvalue weighted by molar-refractivity contribution is 6.04. The molecule has 1 amide bonds. The Balaban J connectivity index is 1.75. The molecule has 0 saturated heterocycles. The Labute approximate surface area is 137 Å². The van der Waals surface area contributed by atoms with E-state index in [2.05, 4.69) is 15.5 Å². The summed E-state index contributed by atoms with van der Waals surface area (Å²) >= 11 is 0. The summed E-state index contributed by atoms with van der Waals surface area (Å²) in [5.74, 6) is -0.185. The van der Waals surface area contributed by atoms with Crippen LogP contribution in [0.25, 0.3) is 16.9 Å². The van der Waals surface area contributed by atoms with Crippen molar-refractivity contribution >= 4 is 17.2 Å². The summed E-state index contributed by atoms with van der Waals surface area (Å²) in [7, 11) is 0. The molecular weight excluding hydrogens is 304 g/mol. The number of hydrogen-bond donors (Lipinski definition) is 1. The van der Waals surface area contributed by atoms with Crippen molar-refractivity contribution in [2.75, 3.05) is 5.32 Å². The maximum atomic E-state index is 12.2. The minimum atomic E-state index is -0.347. The topological polar surface area (TPSA) is 72.4 Å². The molecule has 0 radical (unpaired) electrons. The van der Waals surface area contributed by atoms with Crippen molar-refractivity contribution in [1.82, 2.24) is 14.5 Å². The van der Waals surface area contributed by atoms with Gasteiger partial charge in [0.1, 0.15) is 5.65 Å². The summed E-state index contributed by atoms with van der Waals surface area (Å²) in [5.41, 5.74) is 4.28. The molecule has 0 saturated carbocycles. The second kappa shape index (κ2) is 5.66. The fourth-order valence-corrected chi connectivity index (χ4v) is 2.62. The predicted molar refractivity (Wildman–Crippen MR) is 89.8 cm³/mol. The van der Waals surface area contributed by atoms with Gasteiger partial charge in [-0.2, -0.15) is 0 Å². The molecule has 3 heterocycles. The molecular formula is C18H14N4O2. The third-order valence-corrected chi connectivity index (χ3v) is 3.79. The van der Waals surface area contributed by atoms with Gasteiger partial charge in [0.25, 0.3) is 5.91 Å². The molecule has 24 heavy (non-hydrogen) atoms. The molecule has 0 aliphatic rings. The first kappa shape index (κ1) is 14.2. The van der Waals surface area contributed by atoms with Gasteiger partial charge in [-0.25, -0.2) is 4.98 Å². The van der Waals surface area contributed by atoms with Gasteiger partial charge < -0.3 is 14.2 Å². The number of hydrogen-bond acceptors (Lipinski definition) is 4. The molecule has 0 aliphatic carbocycles. The Hall–Kier alpha value is -3.41. The average molecular weight is 318 g/mol. The number of benzene rings is 1. The molecule has 0 bridgehead atoms. The number of amides is 1. The first-order chi connectivity index (χ1) is 11.7. The van der Waals surface area contributed by atoms with E-state index in [0.29, 0.717) is 5.69 Å². The van der Waals surface area contributed by atoms with Crippen LogP contribution in [0, 0.1) is 6.92 Å². The summed E-state index contributed by atoms with van der Waals surface area (Å²) in [6.45, 7) is 2.02. The van der Waals surface area contributed by atoms with Crippen molar-refractivity contribution in [1.29, 1.82) is 0 Å². The predicted octanol–water partition coefficient (Wildman–Crippen LogP) is 3.55. The molecule has 0 spiro atoms. The van der Waals surface area contributed by atoms with E-state index >= 15 is 0 Å². The molecule has 4 rings (SSSR count). The van der Waals surface area contributed by atoms with E-state index in [4.69, 9.17) is 4.52 Å². The van der Waals surface area contributed by atoms with E-state index < -0.39 is 0 Å². The van der Waals surface area contributed by atoms with Crippen LogP contribution in [-0.2, 0) is 0 Å². The number of pyridine rings is 1. The maximum absolute atomic E-state index is 12.2. The van der Waals surface area contributed by atoms with Crippen LogP contribution in [0.3, 0.4) is 0 Å². The Kier molecular flexibility index (Phi) is 3.35. The molecule has 0 atom stereocenters. The molecule has 118 valence electrons. The number of para-hydroxylation sites is 1. The van der Waals surface area contributed by atoms with Crippen molar-refractivity contribution in [3.63, 3.8) is 0 Å². The Morgan fingerprint density at radius 3 is 2.83 bits per heavy atom. The first-order valence-electron chi connectivity index (χ1n) is 7.48. The molecule has 6 heteroatoms. The number of carbonyl (C=O) groups excluding carboxylic acids is 1. The molecule has 0 unspecified atom stereocenters. The largest absolute Gasteiger partial charge is 0.351 e. The van der Waals surface area contributed by atoms with Crippen LogP contribution < -0.4 is 5.32 Å². The first-order valence-corrected chi connectivity index (χ1v) is 7.48. The zero-order valence-corrected chi connectivity index (χ0v) is 12.9. The Morgan fingerprint density at radius 1 is 1.17 bits per heavy atom. The lowest BCUT2D eigenvalue weighted by molar-refractivity contribution is 0.0988. The van der Waals surface area contributed by atoms with Crippen LogP contribution in [0.2, 0.25) is 0 Å². The smallest absolute Gasteiger partial charge is 0.294 e. The Bertz CT molecular complexity index is 1020. The van der Waals surface area contributed by atoms with Crippen molar-refractivity contribution in [3.05, 3.63) is 72.4 Å². The minimum absolute atomic E-state index is 0.163. The number of anilines is 1. The number of fused-ring (bicyclic) bond motifs is 1. The van der Waals surface area contributed by atoms with Crippen LogP contribution in [0.15, 0.2) is 65.6 Å². The summed E-state index contributed by atoms with van der Waals surface area (Å²) in [5, 5.41) is 6.40. The minimum Gasteiger partial charge on any atom is -0.351 e. The van der Waals surface area contributed by atoms with Gasteiger partial charge in [0.15, 0.2) is 0 Å². The summed E-state index contributed by atoms with van der Waals surface area (Å²) in [6.07, 6.45) is 5.34. The normalized spacial score (nSPS) is 10.9. The summed E-state index contributed by atoms with van der Waals surface area (Å²) in [4.78, 5) is 16.9. The summed E-state index contributed by atoms with van der Waals surface area (Å²) < 4.78 is 6.87. The van der Waals surface area contributed by atoms with Crippen molar-refractivity contribution in [3.8, 4) is 11.3 Å². The highest BCUT2D eigenvalue weighted by Crippen LogP contribution is 2.28. The van der Waals surface area contributed by atoms with E-state index in [9.17, 15) is 4.79 Å². The lowest BCUT2D eigenvalue weighted by Crippen LogP contribution is -2.11. The fraction of sp³-hybridized carbons (Fsp3) is 0.0556. The van der Waals surface area contributed by atoms with Gasteiger partial charge in [-0.05, 0) is 24.6 Å². The van der Waals surface area contributed by atoms with E-state index in [-0.39, 0.29) is 11.7 Å². The van der Waals surface area contributed by atoms with Gasteiger partial charge in [-0.3, -0.25) is 4.79 Å². The third kappa shape index (κ3) is 2.44. The maximum Gasteiger partial charge on any atom is 0.294 e. The molecule has 0 aliphatic heterocycles. The lowest BCUT2D eigenvalue weighted by atomic mass is 10.1. The van der Waals surface area contributed by atoms with Crippen molar-refractivity contribution < 1.29 is 9.32 Å². The lowest BCUT2D eigenvalue weighted by Gasteiger charge is -2.07. The second-order valence-corrected chi connectivity index (χ2v) is 5.42. The quantitative estimate of drug-likeness (QED) is 0.627. The average Bonchev–Trinajstić information content (AvgIpc) is 3.26. The molecule has 1 aromatic carbocycles. The van der Waals surface area contributed by atoms with Crippen LogP contribution in [0.4, 0.5) is 5.69 Å². The molecule has 4 aromatic rings. The highest BCUT2D eigenvalue weighted by atomic mass is 16.5. The zero-order valence-electron chi connectivity index (χ0n) is 12.9. The SMILES string of the molecule is Cc1cccn2cc(-c3ccccc3NC(=O)c3ccno3)nc12. The van der Waals surface area contributed by atoms with E-state index in [0.717, 1.165) is 22.5 Å². The fourth-order valence-electron chi connectivity index (χ4n) is 2.62. The van der Waals surface area contributed by atoms with Crippen LogP contribution in [0.1, 0.15) is 16.1 Å². The van der Waals surface area contributed by atoms with Crippen LogP contribution in [0.5, 0.6) is 0 Å². The van der Waals surface area contributed by atoms with Crippen molar-refractivity contribution in [2.24, 2.45) is 0 Å². The second-order valence-electron chi connectivity index (χ2n) is 5.42. The molecule has 6 nitrogen and oxygen atoms in total. The number of imidazole rings is 1. The zero-order chi connectivity index (χ0) is 16.5. The van der Waals surface area contributed by atoms with Gasteiger partial charge in [-0.1, -0.05) is 29.4 Å². The van der Waals surface area contributed by atoms with Gasteiger partial charge >= 0.3 is 0 Å².